The largest absolute Gasteiger partial charge is 0.454 e. The highest BCUT2D eigenvalue weighted by atomic mass is 35.5. The van der Waals surface area contributed by atoms with E-state index in [1.165, 1.54) is 14.0 Å². The van der Waals surface area contributed by atoms with Gasteiger partial charge in [0, 0.05) is 18.3 Å². The van der Waals surface area contributed by atoms with Gasteiger partial charge in [-0.2, -0.15) is 0 Å². The number of carbonyl (C=O) groups excluding carboxylic acids is 2. The minimum Gasteiger partial charge on any atom is -0.454 e. The van der Waals surface area contributed by atoms with Gasteiger partial charge in [-0.15, -0.1) is 0 Å². The molecule has 0 amide bonds. The molecule has 21 heavy (non-hydrogen) atoms. The maximum atomic E-state index is 11.9. The Morgan fingerprint density at radius 3 is 2.52 bits per heavy atom. The van der Waals surface area contributed by atoms with E-state index in [9.17, 15) is 9.59 Å². The quantitative estimate of drug-likeness (QED) is 0.319. The van der Waals surface area contributed by atoms with E-state index in [4.69, 9.17) is 27.5 Å². The molecule has 0 aliphatic heterocycles. The summed E-state index contributed by atoms with van der Waals surface area (Å²) in [7, 11) is 1.51. The number of nitrogens with two attached hydrogens (primary N) is 1. The number of halogens is 1. The normalized spacial score (nSPS) is 11.4. The zero-order valence-electron chi connectivity index (χ0n) is 11.7. The fourth-order valence-electron chi connectivity index (χ4n) is 1.56. The van der Waals surface area contributed by atoms with Crippen LogP contribution in [0.15, 0.2) is 35.7 Å². The summed E-state index contributed by atoms with van der Waals surface area (Å²) in [6, 6.07) is 6.46. The number of benzene rings is 1. The van der Waals surface area contributed by atoms with E-state index >= 15 is 0 Å². The highest BCUT2D eigenvalue weighted by Gasteiger charge is 2.19. The van der Waals surface area contributed by atoms with Crippen molar-refractivity contribution in [2.75, 3.05) is 13.7 Å². The molecule has 0 unspecified atom stereocenters. The standard InChI is InChI=1S/C14H16ClN3O3/c1-8(16)12(13(17)18-2)14(20)21-7-11(19)9-5-3-4-6-10(9)15/h3-6,16,18H,7,17H2,1-2H3/b13-12+,16-8?. The van der Waals surface area contributed by atoms with Crippen LogP contribution in [-0.2, 0) is 9.53 Å². The predicted octanol–water partition coefficient (Wildman–Crippen LogP) is 1.50. The van der Waals surface area contributed by atoms with Gasteiger partial charge in [-0.1, -0.05) is 23.7 Å². The molecule has 0 aliphatic carbocycles. The molecular formula is C14H16ClN3O3. The van der Waals surface area contributed by atoms with Crippen LogP contribution in [0.2, 0.25) is 5.02 Å². The SMILES string of the molecule is CN/C(N)=C(\C(C)=N)C(=O)OCC(=O)c1ccccc1Cl. The number of rotatable bonds is 6. The van der Waals surface area contributed by atoms with Gasteiger partial charge < -0.3 is 21.2 Å². The molecule has 1 aromatic carbocycles. The first kappa shape index (κ1) is 16.7. The van der Waals surface area contributed by atoms with Crippen molar-refractivity contribution in [2.45, 2.75) is 6.92 Å². The van der Waals surface area contributed by atoms with Crippen molar-refractivity contribution in [3.63, 3.8) is 0 Å². The van der Waals surface area contributed by atoms with E-state index < -0.39 is 18.4 Å². The third-order valence-electron chi connectivity index (χ3n) is 2.63. The third-order valence-corrected chi connectivity index (χ3v) is 2.96. The number of hydrogen-bond donors (Lipinski definition) is 3. The van der Waals surface area contributed by atoms with Crippen LogP contribution in [0.1, 0.15) is 17.3 Å². The van der Waals surface area contributed by atoms with E-state index in [-0.39, 0.29) is 27.7 Å². The van der Waals surface area contributed by atoms with Gasteiger partial charge in [0.25, 0.3) is 0 Å². The summed E-state index contributed by atoms with van der Waals surface area (Å²) in [6.45, 7) is 0.924. The second-order valence-electron chi connectivity index (χ2n) is 4.14. The van der Waals surface area contributed by atoms with Gasteiger partial charge in [-0.25, -0.2) is 4.79 Å². The summed E-state index contributed by atoms with van der Waals surface area (Å²) in [5.41, 5.74) is 5.69. The van der Waals surface area contributed by atoms with Gasteiger partial charge in [0.2, 0.25) is 5.78 Å². The zero-order chi connectivity index (χ0) is 16.0. The smallest absolute Gasteiger partial charge is 0.344 e. The van der Waals surface area contributed by atoms with E-state index in [2.05, 4.69) is 5.32 Å². The van der Waals surface area contributed by atoms with Crippen LogP contribution in [0.25, 0.3) is 0 Å². The van der Waals surface area contributed by atoms with Crippen LogP contribution in [0.5, 0.6) is 0 Å². The fraction of sp³-hybridized carbons (Fsp3) is 0.214. The van der Waals surface area contributed by atoms with Gasteiger partial charge in [0.15, 0.2) is 6.61 Å². The molecule has 7 heteroatoms. The summed E-state index contributed by atoms with van der Waals surface area (Å²) in [5.74, 6) is -1.26. The highest BCUT2D eigenvalue weighted by molar-refractivity contribution is 6.34. The second kappa shape index (κ2) is 7.44. The average Bonchev–Trinajstić information content (AvgIpc) is 2.44. The number of nitrogens with one attached hydrogen (secondary N) is 2. The summed E-state index contributed by atoms with van der Waals surface area (Å²) < 4.78 is 4.89. The molecule has 4 N–H and O–H groups in total. The van der Waals surface area contributed by atoms with Crippen molar-refractivity contribution >= 4 is 29.1 Å². The number of carbonyl (C=O) groups is 2. The van der Waals surface area contributed by atoms with Crippen molar-refractivity contribution in [3.05, 3.63) is 46.2 Å². The van der Waals surface area contributed by atoms with Crippen LogP contribution in [-0.4, -0.2) is 31.1 Å². The van der Waals surface area contributed by atoms with Crippen molar-refractivity contribution in [1.82, 2.24) is 5.32 Å². The number of hydrogen-bond acceptors (Lipinski definition) is 6. The molecule has 0 radical (unpaired) electrons. The molecule has 6 nitrogen and oxygen atoms in total. The number of esters is 1. The minimum absolute atomic E-state index is 0.0118. The molecule has 1 aromatic rings. The van der Waals surface area contributed by atoms with Crippen molar-refractivity contribution in [2.24, 2.45) is 5.73 Å². The van der Waals surface area contributed by atoms with E-state index in [1.807, 2.05) is 0 Å². The Hall–Kier alpha value is -2.34. The maximum Gasteiger partial charge on any atom is 0.344 e. The third kappa shape index (κ3) is 4.32. The second-order valence-corrected chi connectivity index (χ2v) is 4.55. The molecule has 0 fully saturated rings. The maximum absolute atomic E-state index is 11.9. The predicted molar refractivity (Wildman–Crippen MR) is 80.4 cm³/mol. The zero-order valence-corrected chi connectivity index (χ0v) is 12.5. The molecule has 1 rings (SSSR count). The van der Waals surface area contributed by atoms with Gasteiger partial charge in [0.1, 0.15) is 11.4 Å². The number of ketones is 1. The Bertz CT molecular complexity index is 611. The lowest BCUT2D eigenvalue weighted by Crippen LogP contribution is -2.27. The lowest BCUT2D eigenvalue weighted by molar-refractivity contribution is -0.137. The summed E-state index contributed by atoms with van der Waals surface area (Å²) >= 11 is 5.89. The van der Waals surface area contributed by atoms with Crippen LogP contribution < -0.4 is 11.1 Å². The van der Waals surface area contributed by atoms with E-state index in [0.717, 1.165) is 0 Å². The Balaban J connectivity index is 2.79. The first-order valence-electron chi connectivity index (χ1n) is 6.06. The Kier molecular flexibility index (Phi) is 5.92. The Labute approximate surface area is 127 Å². The van der Waals surface area contributed by atoms with Crippen LogP contribution in [0.4, 0.5) is 0 Å². The van der Waals surface area contributed by atoms with Crippen LogP contribution in [0, 0.1) is 5.41 Å². The van der Waals surface area contributed by atoms with Crippen molar-refractivity contribution in [3.8, 4) is 0 Å². The number of ether oxygens (including phenoxy) is 1. The van der Waals surface area contributed by atoms with E-state index in [1.54, 1.807) is 24.3 Å². The monoisotopic (exact) mass is 309 g/mol. The Morgan fingerprint density at radius 1 is 1.38 bits per heavy atom. The molecule has 0 aliphatic rings. The summed E-state index contributed by atoms with van der Waals surface area (Å²) in [5, 5.41) is 10.4. The Morgan fingerprint density at radius 2 is 2.00 bits per heavy atom. The molecule has 0 saturated carbocycles. The average molecular weight is 310 g/mol. The molecule has 0 bridgehead atoms. The highest BCUT2D eigenvalue weighted by Crippen LogP contribution is 2.15. The first-order chi connectivity index (χ1) is 9.88. The molecule has 0 saturated heterocycles. The van der Waals surface area contributed by atoms with Crippen LogP contribution >= 0.6 is 11.6 Å². The minimum atomic E-state index is -0.838. The molecular weight excluding hydrogens is 294 g/mol. The summed E-state index contributed by atoms with van der Waals surface area (Å²) in [4.78, 5) is 23.8. The van der Waals surface area contributed by atoms with Gasteiger partial charge in [0.05, 0.1) is 5.02 Å². The molecule has 0 atom stereocenters. The summed E-state index contributed by atoms with van der Waals surface area (Å²) in [6.07, 6.45) is 0. The topological polar surface area (TPSA) is 105 Å². The lowest BCUT2D eigenvalue weighted by Gasteiger charge is -2.10. The molecule has 112 valence electrons. The molecule has 0 heterocycles. The molecule has 0 aromatic heterocycles. The van der Waals surface area contributed by atoms with Crippen molar-refractivity contribution < 1.29 is 14.3 Å². The van der Waals surface area contributed by atoms with Gasteiger partial charge >= 0.3 is 5.97 Å². The van der Waals surface area contributed by atoms with Crippen molar-refractivity contribution in [1.29, 1.82) is 5.41 Å². The van der Waals surface area contributed by atoms with E-state index in [0.29, 0.717) is 0 Å². The number of Topliss-reactive ketones (excluding diaryl/α,β-unsaturated/α-hetero) is 1. The fourth-order valence-corrected chi connectivity index (χ4v) is 1.80. The first-order valence-corrected chi connectivity index (χ1v) is 6.44. The molecule has 0 spiro atoms. The van der Waals surface area contributed by atoms with Gasteiger partial charge in [-0.05, 0) is 19.1 Å². The van der Waals surface area contributed by atoms with Gasteiger partial charge in [-0.3, -0.25) is 4.79 Å². The van der Waals surface area contributed by atoms with Crippen LogP contribution in [0.3, 0.4) is 0 Å². The lowest BCUT2D eigenvalue weighted by atomic mass is 10.1.